The molecule has 5 aromatic rings. The van der Waals surface area contributed by atoms with Crippen LogP contribution < -0.4 is 9.80 Å². The number of fused-ring (bicyclic) bond motifs is 2. The largest absolute Gasteiger partial charge is 0.444 e. The Bertz CT molecular complexity index is 2270. The molecule has 57 heavy (non-hydrogen) atoms. The number of nitrogens with zero attached hydrogens (tertiary/aromatic N) is 8. The highest BCUT2D eigenvalue weighted by Crippen LogP contribution is 2.38. The molecule has 4 heterocycles. The van der Waals surface area contributed by atoms with Crippen molar-refractivity contribution in [1.29, 1.82) is 0 Å². The highest BCUT2D eigenvalue weighted by molar-refractivity contribution is 6.44. The van der Waals surface area contributed by atoms with Gasteiger partial charge in [0.1, 0.15) is 16.9 Å². The van der Waals surface area contributed by atoms with E-state index in [0.29, 0.717) is 83.7 Å². The van der Waals surface area contributed by atoms with E-state index in [-0.39, 0.29) is 17.3 Å². The first-order valence-electron chi connectivity index (χ1n) is 18.4. The molecule has 2 fully saturated rings. The molecule has 0 unspecified atom stereocenters. The van der Waals surface area contributed by atoms with Crippen molar-refractivity contribution in [3.8, 4) is 11.3 Å². The summed E-state index contributed by atoms with van der Waals surface area (Å²) in [7, 11) is 0. The molecule has 0 N–H and O–H groups in total. The van der Waals surface area contributed by atoms with Gasteiger partial charge in [-0.05, 0) is 65.8 Å². The number of halogens is 5. The second-order valence-electron chi connectivity index (χ2n) is 15.6. The molecule has 7 rings (SSSR count). The average molecular weight is 877 g/mol. The van der Waals surface area contributed by atoms with Crippen LogP contribution in [0.1, 0.15) is 41.5 Å². The van der Waals surface area contributed by atoms with Gasteiger partial charge in [-0.2, -0.15) is 0 Å². The van der Waals surface area contributed by atoms with Crippen LogP contribution in [-0.4, -0.2) is 106 Å². The number of ether oxygens (including phenoxy) is 2. The first-order chi connectivity index (χ1) is 26.9. The zero-order valence-electron chi connectivity index (χ0n) is 32.5. The lowest BCUT2D eigenvalue weighted by molar-refractivity contribution is 0.0230. The lowest BCUT2D eigenvalue weighted by Crippen LogP contribution is -2.50. The zero-order chi connectivity index (χ0) is 41.2. The van der Waals surface area contributed by atoms with E-state index in [9.17, 15) is 9.59 Å². The molecule has 302 valence electrons. The monoisotopic (exact) mass is 874 g/mol. The van der Waals surface area contributed by atoms with Gasteiger partial charge in [0, 0.05) is 79.5 Å². The van der Waals surface area contributed by atoms with E-state index in [0.717, 1.165) is 33.2 Å². The summed E-state index contributed by atoms with van der Waals surface area (Å²) < 4.78 is 10.9. The summed E-state index contributed by atoms with van der Waals surface area (Å²) in [5.41, 5.74) is 0.686. The number of anilines is 2. The van der Waals surface area contributed by atoms with E-state index in [1.807, 2.05) is 84.0 Å². The number of carbonyl (C=O) groups excluding carboxylic acids is 2. The third-order valence-electron chi connectivity index (χ3n) is 9.07. The van der Waals surface area contributed by atoms with Gasteiger partial charge in [0.05, 0.1) is 20.1 Å². The standard InChI is InChI=1S/C23H24Cl2N4O2.C17H19Cl3N4O2/c1-23(2,3)31-22(30)29-11-9-28(10-12-29)21-17-14-19(25)18(24)13-16(17)20(26-27-21)15-7-5-4-6-8-15;1-17(2,3)26-16(25)24-6-4-23(5-7-24)15-11-9-13(19)12(18)8-10(11)14(20)21-22-15/h4-8,13-14H,9-12H2,1-3H3;8-9H,4-7H2,1-3H3. The van der Waals surface area contributed by atoms with E-state index in [4.69, 9.17) is 67.5 Å². The van der Waals surface area contributed by atoms with Gasteiger partial charge in [-0.3, -0.25) is 0 Å². The summed E-state index contributed by atoms with van der Waals surface area (Å²) in [6, 6.07) is 17.0. The Kier molecular flexibility index (Phi) is 13.0. The molecule has 0 saturated carbocycles. The molecular weight excluding hydrogens is 834 g/mol. The molecule has 0 spiro atoms. The summed E-state index contributed by atoms with van der Waals surface area (Å²) in [5, 5.41) is 22.6. The van der Waals surface area contributed by atoms with Crippen molar-refractivity contribution in [2.45, 2.75) is 52.7 Å². The van der Waals surface area contributed by atoms with Crippen LogP contribution in [-0.2, 0) is 9.47 Å². The minimum Gasteiger partial charge on any atom is -0.444 e. The van der Waals surface area contributed by atoms with Gasteiger partial charge in [-0.1, -0.05) is 88.3 Å². The number of benzene rings is 3. The van der Waals surface area contributed by atoms with E-state index in [1.165, 1.54) is 0 Å². The van der Waals surface area contributed by atoms with Crippen molar-refractivity contribution in [3.63, 3.8) is 0 Å². The summed E-state index contributed by atoms with van der Waals surface area (Å²) in [6.07, 6.45) is -0.601. The molecule has 2 amide bonds. The van der Waals surface area contributed by atoms with Crippen LogP contribution >= 0.6 is 58.0 Å². The minimum atomic E-state index is -0.515. The lowest BCUT2D eigenvalue weighted by atomic mass is 10.0. The number of hydrogen-bond donors (Lipinski definition) is 0. The van der Waals surface area contributed by atoms with Crippen LogP contribution in [0.4, 0.5) is 21.2 Å². The topological polar surface area (TPSA) is 117 Å². The van der Waals surface area contributed by atoms with Gasteiger partial charge in [0.25, 0.3) is 0 Å². The highest BCUT2D eigenvalue weighted by Gasteiger charge is 2.29. The van der Waals surface area contributed by atoms with Crippen LogP contribution in [0.2, 0.25) is 25.2 Å². The van der Waals surface area contributed by atoms with Crippen molar-refractivity contribution in [3.05, 3.63) is 79.8 Å². The van der Waals surface area contributed by atoms with Gasteiger partial charge in [-0.15, -0.1) is 20.4 Å². The minimum absolute atomic E-state index is 0.273. The maximum absolute atomic E-state index is 12.4. The van der Waals surface area contributed by atoms with Crippen LogP contribution in [0.3, 0.4) is 0 Å². The zero-order valence-corrected chi connectivity index (χ0v) is 36.2. The van der Waals surface area contributed by atoms with Crippen LogP contribution in [0.5, 0.6) is 0 Å². The van der Waals surface area contributed by atoms with Crippen molar-refractivity contribution in [2.24, 2.45) is 0 Å². The fourth-order valence-corrected chi connectivity index (χ4v) is 7.21. The molecular formula is C40H43Cl5N8O4. The van der Waals surface area contributed by atoms with Gasteiger partial charge in [0.15, 0.2) is 16.8 Å². The summed E-state index contributed by atoms with van der Waals surface area (Å²) >= 11 is 31.1. The number of amides is 2. The molecule has 0 bridgehead atoms. The molecule has 2 aliphatic rings. The Hall–Kier alpha value is -4.07. The Morgan fingerprint density at radius 2 is 0.912 bits per heavy atom. The number of rotatable bonds is 3. The van der Waals surface area contributed by atoms with Gasteiger partial charge >= 0.3 is 12.2 Å². The first kappa shape index (κ1) is 42.5. The number of aromatic nitrogens is 4. The normalized spacial score (nSPS) is 15.1. The van der Waals surface area contributed by atoms with Crippen LogP contribution in [0, 0.1) is 0 Å². The highest BCUT2D eigenvalue weighted by atomic mass is 35.5. The van der Waals surface area contributed by atoms with Crippen LogP contribution in [0.15, 0.2) is 54.6 Å². The molecule has 17 heteroatoms. The van der Waals surface area contributed by atoms with Crippen molar-refractivity contribution < 1.29 is 19.1 Å². The van der Waals surface area contributed by atoms with Gasteiger partial charge in [-0.25, -0.2) is 9.59 Å². The quantitative estimate of drug-likeness (QED) is 0.173. The third-order valence-corrected chi connectivity index (χ3v) is 10.8. The second-order valence-corrected chi connectivity index (χ2v) is 17.6. The summed E-state index contributed by atoms with van der Waals surface area (Å²) in [6.45, 7) is 15.7. The van der Waals surface area contributed by atoms with E-state index in [2.05, 4.69) is 30.2 Å². The molecule has 2 saturated heterocycles. The van der Waals surface area contributed by atoms with E-state index < -0.39 is 11.2 Å². The van der Waals surface area contributed by atoms with Gasteiger partial charge in [0.2, 0.25) is 0 Å². The predicted octanol–water partition coefficient (Wildman–Crippen LogP) is 10.3. The van der Waals surface area contributed by atoms with E-state index in [1.54, 1.807) is 21.9 Å². The maximum atomic E-state index is 12.4. The third kappa shape index (κ3) is 10.3. The number of carbonyl (C=O) groups is 2. The Morgan fingerprint density at radius 1 is 0.526 bits per heavy atom. The number of hydrogen-bond acceptors (Lipinski definition) is 10. The van der Waals surface area contributed by atoms with Crippen molar-refractivity contribution >= 4 is 103 Å². The lowest BCUT2D eigenvalue weighted by Gasteiger charge is -2.36. The Labute approximate surface area is 356 Å². The van der Waals surface area contributed by atoms with E-state index >= 15 is 0 Å². The first-order valence-corrected chi connectivity index (χ1v) is 20.2. The predicted molar refractivity (Wildman–Crippen MR) is 230 cm³/mol. The molecule has 0 atom stereocenters. The molecule has 12 nitrogen and oxygen atoms in total. The second kappa shape index (κ2) is 17.4. The average Bonchev–Trinajstić information content (AvgIpc) is 3.15. The Balaban J connectivity index is 0.000000196. The summed E-state index contributed by atoms with van der Waals surface area (Å²) in [4.78, 5) is 32.2. The number of piperazine rings is 2. The smallest absolute Gasteiger partial charge is 0.410 e. The fourth-order valence-electron chi connectivity index (χ4n) is 6.37. The summed E-state index contributed by atoms with van der Waals surface area (Å²) in [5.74, 6) is 1.41. The van der Waals surface area contributed by atoms with Crippen LogP contribution in [0.25, 0.3) is 32.8 Å². The maximum Gasteiger partial charge on any atom is 0.410 e. The fraction of sp³-hybridized carbons (Fsp3) is 0.400. The molecule has 2 aliphatic heterocycles. The van der Waals surface area contributed by atoms with Crippen molar-refractivity contribution in [1.82, 2.24) is 30.2 Å². The Morgan fingerprint density at radius 3 is 1.35 bits per heavy atom. The molecule has 0 aliphatic carbocycles. The van der Waals surface area contributed by atoms with Crippen molar-refractivity contribution in [2.75, 3.05) is 62.2 Å². The SMILES string of the molecule is CC(C)(C)OC(=O)N1CCN(c2nnc(-c3ccccc3)c3cc(Cl)c(Cl)cc23)CC1.CC(C)(C)OC(=O)N1CCN(c2nnc(Cl)c3cc(Cl)c(Cl)cc23)CC1. The molecule has 0 radical (unpaired) electrons. The molecule has 2 aromatic heterocycles. The van der Waals surface area contributed by atoms with Gasteiger partial charge < -0.3 is 29.1 Å². The molecule has 3 aromatic carbocycles.